The van der Waals surface area contributed by atoms with Gasteiger partial charge >= 0.3 is 0 Å². The zero-order valence-electron chi connectivity index (χ0n) is 13.8. The largest absolute Gasteiger partial charge is 0.305 e. The van der Waals surface area contributed by atoms with Gasteiger partial charge in [0, 0.05) is 33.1 Å². The summed E-state index contributed by atoms with van der Waals surface area (Å²) in [6, 6.07) is 29.7. The molecule has 1 nitrogen and oxygen atoms in total. The molecule has 0 aliphatic carbocycles. The first-order chi connectivity index (χ1) is 12.3. The predicted molar refractivity (Wildman–Crippen MR) is 99.3 cm³/mol. The Bertz CT molecular complexity index is 1000. The Kier molecular flexibility index (Phi) is 5.75. The van der Waals surface area contributed by atoms with Crippen LogP contribution in [0.1, 0.15) is 0 Å². The maximum absolute atomic E-state index is 14.6. The van der Waals surface area contributed by atoms with E-state index in [0.29, 0.717) is 5.56 Å². The Morgan fingerprint density at radius 2 is 1.42 bits per heavy atom. The number of nitrogens with zero attached hydrogens (tertiary/aromatic N) is 1. The summed E-state index contributed by atoms with van der Waals surface area (Å²) in [4.78, 5) is 4.34. The van der Waals surface area contributed by atoms with Gasteiger partial charge in [-0.15, -0.1) is 23.8 Å². The van der Waals surface area contributed by atoms with Crippen LogP contribution in [0.4, 0.5) is 4.39 Å². The number of benzene rings is 3. The van der Waals surface area contributed by atoms with E-state index in [-0.39, 0.29) is 26.9 Å². The Balaban J connectivity index is 0.00000196. The molecule has 3 aromatic carbocycles. The van der Waals surface area contributed by atoms with E-state index in [2.05, 4.69) is 11.1 Å². The third-order valence-corrected chi connectivity index (χ3v) is 4.14. The van der Waals surface area contributed by atoms with E-state index in [4.69, 9.17) is 0 Å². The van der Waals surface area contributed by atoms with E-state index in [0.717, 1.165) is 27.9 Å². The van der Waals surface area contributed by atoms with Crippen molar-refractivity contribution < 1.29 is 25.5 Å². The summed E-state index contributed by atoms with van der Waals surface area (Å²) < 4.78 is 14.6. The molecule has 0 bridgehead atoms. The van der Waals surface area contributed by atoms with Crippen LogP contribution in [0.5, 0.6) is 0 Å². The molecule has 1 heterocycles. The molecule has 0 fully saturated rings. The van der Waals surface area contributed by atoms with Gasteiger partial charge in [0.05, 0.1) is 0 Å². The van der Waals surface area contributed by atoms with Crippen LogP contribution in [0, 0.1) is 11.9 Å². The van der Waals surface area contributed by atoms with Gasteiger partial charge in [-0.05, 0) is 28.5 Å². The van der Waals surface area contributed by atoms with E-state index in [1.807, 2.05) is 78.9 Å². The molecule has 0 spiro atoms. The quantitative estimate of drug-likeness (QED) is 0.302. The summed E-state index contributed by atoms with van der Waals surface area (Å²) in [5.74, 6) is -0.289. The van der Waals surface area contributed by atoms with Gasteiger partial charge in [0.25, 0.3) is 0 Å². The second kappa shape index (κ2) is 8.20. The molecular formula is C23H15FNPt-. The van der Waals surface area contributed by atoms with Crippen LogP contribution >= 0.6 is 0 Å². The molecule has 1 aromatic heterocycles. The topological polar surface area (TPSA) is 12.9 Å². The Hall–Kier alpha value is -2.57. The van der Waals surface area contributed by atoms with Gasteiger partial charge in [0.2, 0.25) is 0 Å². The first-order valence-corrected chi connectivity index (χ1v) is 8.10. The SMILES string of the molecule is Fc1c[c-]c(-c2ccccn2)cc1-c1ccccc1-c1ccccc1.[Pt]. The number of rotatable bonds is 3. The molecule has 0 unspecified atom stereocenters. The van der Waals surface area contributed by atoms with Crippen LogP contribution in [-0.2, 0) is 21.1 Å². The first kappa shape index (κ1) is 18.2. The minimum absolute atomic E-state index is 0. The average molecular weight is 519 g/mol. The fourth-order valence-corrected chi connectivity index (χ4v) is 2.94. The Morgan fingerprint density at radius 1 is 0.731 bits per heavy atom. The number of hydrogen-bond donors (Lipinski definition) is 0. The molecule has 0 atom stereocenters. The van der Waals surface area contributed by atoms with Crippen molar-refractivity contribution in [3.05, 3.63) is 103 Å². The summed E-state index contributed by atoms with van der Waals surface area (Å²) in [5, 5.41) is 0. The zero-order chi connectivity index (χ0) is 17.1. The minimum Gasteiger partial charge on any atom is -0.305 e. The Morgan fingerprint density at radius 3 is 2.15 bits per heavy atom. The molecule has 3 heteroatoms. The van der Waals surface area contributed by atoms with Gasteiger partial charge in [-0.2, -0.15) is 0 Å². The van der Waals surface area contributed by atoms with Crippen molar-refractivity contribution in [2.75, 3.05) is 0 Å². The first-order valence-electron chi connectivity index (χ1n) is 8.10. The van der Waals surface area contributed by atoms with Crippen molar-refractivity contribution in [2.24, 2.45) is 0 Å². The van der Waals surface area contributed by atoms with Gasteiger partial charge in [-0.25, -0.2) is 0 Å². The van der Waals surface area contributed by atoms with Crippen molar-refractivity contribution >= 4 is 0 Å². The molecule has 4 rings (SSSR count). The summed E-state index contributed by atoms with van der Waals surface area (Å²) in [5.41, 5.74) is 5.03. The van der Waals surface area contributed by atoms with Crippen LogP contribution in [0.3, 0.4) is 0 Å². The molecule has 26 heavy (non-hydrogen) atoms. The maximum Gasteiger partial charge on any atom is 0.0456 e. The maximum atomic E-state index is 14.6. The van der Waals surface area contributed by atoms with Gasteiger partial charge in [-0.1, -0.05) is 72.3 Å². The second-order valence-corrected chi connectivity index (χ2v) is 5.73. The number of aromatic nitrogens is 1. The summed E-state index contributed by atoms with van der Waals surface area (Å²) >= 11 is 0. The molecule has 0 N–H and O–H groups in total. The fraction of sp³-hybridized carbons (Fsp3) is 0. The van der Waals surface area contributed by atoms with Crippen molar-refractivity contribution in [1.82, 2.24) is 4.98 Å². The fourth-order valence-electron chi connectivity index (χ4n) is 2.94. The molecule has 0 aliphatic rings. The van der Waals surface area contributed by atoms with E-state index >= 15 is 0 Å². The van der Waals surface area contributed by atoms with E-state index in [1.165, 1.54) is 6.07 Å². The van der Waals surface area contributed by atoms with Gasteiger partial charge in [0.1, 0.15) is 0 Å². The number of halogens is 1. The van der Waals surface area contributed by atoms with Crippen LogP contribution in [0.25, 0.3) is 33.5 Å². The summed E-state index contributed by atoms with van der Waals surface area (Å²) in [6.07, 6.45) is 1.73. The molecular weight excluding hydrogens is 504 g/mol. The summed E-state index contributed by atoms with van der Waals surface area (Å²) in [7, 11) is 0. The van der Waals surface area contributed by atoms with Crippen molar-refractivity contribution in [2.45, 2.75) is 0 Å². The standard InChI is InChI=1S/C23H15FN.Pt/c24-22-14-13-18(23-12-6-7-15-25-23)16-21(22)20-11-5-4-10-19(20)17-8-2-1-3-9-17;/h1-12,14-16H;/q-1;. The molecule has 0 saturated carbocycles. The normalized spacial score (nSPS) is 10.2. The number of pyridine rings is 1. The Labute approximate surface area is 166 Å². The van der Waals surface area contributed by atoms with Gasteiger partial charge < -0.3 is 4.98 Å². The van der Waals surface area contributed by atoms with E-state index in [9.17, 15) is 4.39 Å². The molecule has 4 aromatic rings. The predicted octanol–water partition coefficient (Wildman–Crippen LogP) is 6.02. The third-order valence-electron chi connectivity index (χ3n) is 4.14. The third kappa shape index (κ3) is 3.66. The van der Waals surface area contributed by atoms with Crippen molar-refractivity contribution in [1.29, 1.82) is 0 Å². The van der Waals surface area contributed by atoms with Crippen LogP contribution < -0.4 is 0 Å². The monoisotopic (exact) mass is 519 g/mol. The molecule has 130 valence electrons. The molecule has 0 aliphatic heterocycles. The van der Waals surface area contributed by atoms with Crippen LogP contribution in [-0.4, -0.2) is 4.98 Å². The summed E-state index contributed by atoms with van der Waals surface area (Å²) in [6.45, 7) is 0. The van der Waals surface area contributed by atoms with E-state index < -0.39 is 0 Å². The van der Waals surface area contributed by atoms with Gasteiger partial charge in [0.15, 0.2) is 0 Å². The molecule has 0 radical (unpaired) electrons. The van der Waals surface area contributed by atoms with Gasteiger partial charge in [-0.3, -0.25) is 4.39 Å². The smallest absolute Gasteiger partial charge is 0.0456 e. The minimum atomic E-state index is -0.289. The van der Waals surface area contributed by atoms with Crippen LogP contribution in [0.2, 0.25) is 0 Å². The molecule has 0 saturated heterocycles. The zero-order valence-corrected chi connectivity index (χ0v) is 16.1. The molecule has 0 amide bonds. The number of hydrogen-bond acceptors (Lipinski definition) is 1. The van der Waals surface area contributed by atoms with E-state index in [1.54, 1.807) is 6.20 Å². The second-order valence-electron chi connectivity index (χ2n) is 5.73. The van der Waals surface area contributed by atoms with Crippen molar-refractivity contribution in [3.63, 3.8) is 0 Å². The van der Waals surface area contributed by atoms with Crippen molar-refractivity contribution in [3.8, 4) is 33.5 Å². The average Bonchev–Trinajstić information content (AvgIpc) is 2.70. The van der Waals surface area contributed by atoms with Crippen LogP contribution in [0.15, 0.2) is 91.1 Å².